The van der Waals surface area contributed by atoms with Gasteiger partial charge in [-0.2, -0.15) is 5.10 Å². The van der Waals surface area contributed by atoms with Gasteiger partial charge in [-0.3, -0.25) is 9.89 Å². The van der Waals surface area contributed by atoms with E-state index in [0.717, 1.165) is 28.8 Å². The van der Waals surface area contributed by atoms with E-state index >= 15 is 0 Å². The van der Waals surface area contributed by atoms with E-state index < -0.39 is 0 Å². The number of fused-ring (bicyclic) bond motifs is 1. The van der Waals surface area contributed by atoms with E-state index in [9.17, 15) is 4.79 Å². The van der Waals surface area contributed by atoms with Gasteiger partial charge in [0, 0.05) is 41.4 Å². The van der Waals surface area contributed by atoms with Crippen LogP contribution in [-0.2, 0) is 4.74 Å². The van der Waals surface area contributed by atoms with Gasteiger partial charge in [0.2, 0.25) is 0 Å². The molecule has 5 nitrogen and oxygen atoms in total. The molecule has 0 spiro atoms. The molecule has 1 aliphatic heterocycles. The molecule has 1 atom stereocenters. The van der Waals surface area contributed by atoms with E-state index in [-0.39, 0.29) is 11.9 Å². The number of rotatable bonds is 6. The van der Waals surface area contributed by atoms with Crippen LogP contribution in [-0.4, -0.2) is 41.3 Å². The molecule has 0 fully saturated rings. The maximum atomic E-state index is 13.1. The fraction of sp³-hybridized carbons (Fsp3) is 0.238. The molecule has 1 aliphatic rings. The second kappa shape index (κ2) is 7.95. The average Bonchev–Trinajstić information content (AvgIpc) is 3.23. The average molecular weight is 416 g/mol. The molecule has 7 heteroatoms. The number of carbonyl (C=O) groups excluding carboxylic acids is 1. The summed E-state index contributed by atoms with van der Waals surface area (Å²) in [7, 11) is 1.66. The molecule has 1 amide bonds. The van der Waals surface area contributed by atoms with Crippen molar-refractivity contribution in [3.05, 3.63) is 75.4 Å². The summed E-state index contributed by atoms with van der Waals surface area (Å²) in [6.07, 6.45) is 0.733. The number of nitrogens with zero attached hydrogens (tertiary/aromatic N) is 2. The first kappa shape index (κ1) is 19.0. The third-order valence-electron chi connectivity index (χ3n) is 4.93. The standard InChI is InChI=1S/C21H19Cl2N3O2/c1-28-12-4-11-26-20(15-5-2-3-6-16(15)23)17-18(24-25-19(17)21(26)27)13-7-9-14(22)10-8-13/h2-3,5-10,20H,4,11-12H2,1H3,(H,24,25). The molecular formula is C21H19Cl2N3O2. The number of ether oxygens (including phenoxy) is 1. The molecule has 2 aromatic carbocycles. The number of hydrogen-bond donors (Lipinski definition) is 1. The summed E-state index contributed by atoms with van der Waals surface area (Å²) in [6, 6.07) is 14.7. The summed E-state index contributed by atoms with van der Waals surface area (Å²) in [5.74, 6) is -0.0799. The Labute approximate surface area is 173 Å². The molecule has 1 N–H and O–H groups in total. The lowest BCUT2D eigenvalue weighted by atomic mass is 9.96. The predicted octanol–water partition coefficient (Wildman–Crippen LogP) is 4.97. The number of methoxy groups -OCH3 is 1. The van der Waals surface area contributed by atoms with E-state index in [2.05, 4.69) is 10.2 Å². The summed E-state index contributed by atoms with van der Waals surface area (Å²) >= 11 is 12.6. The number of nitrogens with one attached hydrogen (secondary N) is 1. The first-order valence-corrected chi connectivity index (χ1v) is 9.76. The van der Waals surface area contributed by atoms with Crippen molar-refractivity contribution in [2.24, 2.45) is 0 Å². The highest BCUT2D eigenvalue weighted by Crippen LogP contribution is 2.44. The van der Waals surface area contributed by atoms with Crippen molar-refractivity contribution in [2.45, 2.75) is 12.5 Å². The van der Waals surface area contributed by atoms with Crippen molar-refractivity contribution in [3.63, 3.8) is 0 Å². The van der Waals surface area contributed by atoms with Gasteiger partial charge in [-0.1, -0.05) is 53.5 Å². The number of aromatic nitrogens is 2. The summed E-state index contributed by atoms with van der Waals surface area (Å²) in [5, 5.41) is 8.65. The number of benzene rings is 2. The zero-order chi connectivity index (χ0) is 19.7. The molecule has 3 aromatic rings. The Morgan fingerprint density at radius 3 is 2.61 bits per heavy atom. The third kappa shape index (κ3) is 3.30. The number of carbonyl (C=O) groups is 1. The molecule has 1 unspecified atom stereocenters. The topological polar surface area (TPSA) is 58.2 Å². The van der Waals surface area contributed by atoms with Crippen LogP contribution in [0.15, 0.2) is 48.5 Å². The molecule has 144 valence electrons. The van der Waals surface area contributed by atoms with Crippen LogP contribution in [0.2, 0.25) is 10.0 Å². The second-order valence-electron chi connectivity index (χ2n) is 6.64. The van der Waals surface area contributed by atoms with Crippen LogP contribution in [0.5, 0.6) is 0 Å². The monoisotopic (exact) mass is 415 g/mol. The first-order chi connectivity index (χ1) is 13.6. The van der Waals surface area contributed by atoms with Gasteiger partial charge >= 0.3 is 0 Å². The summed E-state index contributed by atoms with van der Waals surface area (Å²) in [6.45, 7) is 1.14. The van der Waals surface area contributed by atoms with Crippen LogP contribution < -0.4 is 0 Å². The van der Waals surface area contributed by atoms with Gasteiger partial charge in [0.05, 0.1) is 11.7 Å². The van der Waals surface area contributed by atoms with Gasteiger partial charge in [-0.05, 0) is 30.2 Å². The molecule has 2 heterocycles. The maximum absolute atomic E-state index is 13.1. The van der Waals surface area contributed by atoms with Crippen LogP contribution in [0.4, 0.5) is 0 Å². The third-order valence-corrected chi connectivity index (χ3v) is 5.52. The highest BCUT2D eigenvalue weighted by atomic mass is 35.5. The highest BCUT2D eigenvalue weighted by Gasteiger charge is 2.42. The fourth-order valence-electron chi connectivity index (χ4n) is 3.65. The van der Waals surface area contributed by atoms with E-state index in [1.54, 1.807) is 7.11 Å². The molecule has 0 bridgehead atoms. The lowest BCUT2D eigenvalue weighted by Crippen LogP contribution is -2.31. The Kier molecular flexibility index (Phi) is 5.40. The van der Waals surface area contributed by atoms with Gasteiger partial charge in [0.15, 0.2) is 0 Å². The largest absolute Gasteiger partial charge is 0.385 e. The minimum absolute atomic E-state index is 0.0799. The van der Waals surface area contributed by atoms with Crippen molar-refractivity contribution in [1.82, 2.24) is 15.1 Å². The van der Waals surface area contributed by atoms with Crippen molar-refractivity contribution < 1.29 is 9.53 Å². The van der Waals surface area contributed by atoms with Crippen LogP contribution in [0, 0.1) is 0 Å². The molecule has 28 heavy (non-hydrogen) atoms. The SMILES string of the molecule is COCCCN1C(=O)c2[nH]nc(-c3ccc(Cl)cc3)c2C1c1ccccc1Cl. The molecule has 4 rings (SSSR count). The van der Waals surface area contributed by atoms with Gasteiger partial charge in [0.1, 0.15) is 5.69 Å². The predicted molar refractivity (Wildman–Crippen MR) is 110 cm³/mol. The molecule has 0 saturated carbocycles. The number of H-pyrrole nitrogens is 1. The molecule has 0 aliphatic carbocycles. The zero-order valence-corrected chi connectivity index (χ0v) is 16.8. The van der Waals surface area contributed by atoms with E-state index in [4.69, 9.17) is 27.9 Å². The number of hydrogen-bond acceptors (Lipinski definition) is 3. The smallest absolute Gasteiger partial charge is 0.273 e. The van der Waals surface area contributed by atoms with Crippen LogP contribution >= 0.6 is 23.2 Å². The van der Waals surface area contributed by atoms with Crippen LogP contribution in [0.1, 0.15) is 34.1 Å². The number of amides is 1. The summed E-state index contributed by atoms with van der Waals surface area (Å²) in [5.41, 5.74) is 3.86. The van der Waals surface area contributed by atoms with Crippen LogP contribution in [0.3, 0.4) is 0 Å². The fourth-order valence-corrected chi connectivity index (χ4v) is 4.02. The van der Waals surface area contributed by atoms with Gasteiger partial charge in [-0.15, -0.1) is 0 Å². The molecular weight excluding hydrogens is 397 g/mol. The minimum atomic E-state index is -0.308. The van der Waals surface area contributed by atoms with Crippen molar-refractivity contribution in [1.29, 1.82) is 0 Å². The zero-order valence-electron chi connectivity index (χ0n) is 15.3. The summed E-state index contributed by atoms with van der Waals surface area (Å²) in [4.78, 5) is 15.0. The molecule has 0 radical (unpaired) electrons. The molecule has 0 saturated heterocycles. The Morgan fingerprint density at radius 1 is 1.14 bits per heavy atom. The van der Waals surface area contributed by atoms with E-state index in [1.165, 1.54) is 0 Å². The quantitative estimate of drug-likeness (QED) is 0.578. The van der Waals surface area contributed by atoms with Gasteiger partial charge < -0.3 is 9.64 Å². The number of halogens is 2. The Hall–Kier alpha value is -2.34. The van der Waals surface area contributed by atoms with E-state index in [0.29, 0.717) is 28.9 Å². The number of aromatic amines is 1. The lowest BCUT2D eigenvalue weighted by molar-refractivity contribution is 0.0723. The van der Waals surface area contributed by atoms with Crippen molar-refractivity contribution in [2.75, 3.05) is 20.3 Å². The van der Waals surface area contributed by atoms with Crippen molar-refractivity contribution in [3.8, 4) is 11.3 Å². The molecule has 1 aromatic heterocycles. The maximum Gasteiger partial charge on any atom is 0.273 e. The van der Waals surface area contributed by atoms with Gasteiger partial charge in [0.25, 0.3) is 5.91 Å². The normalized spacial score (nSPS) is 15.9. The van der Waals surface area contributed by atoms with E-state index in [1.807, 2.05) is 53.4 Å². The summed E-state index contributed by atoms with van der Waals surface area (Å²) < 4.78 is 5.17. The highest BCUT2D eigenvalue weighted by molar-refractivity contribution is 6.31. The van der Waals surface area contributed by atoms with Crippen LogP contribution in [0.25, 0.3) is 11.3 Å². The first-order valence-electron chi connectivity index (χ1n) is 9.00. The van der Waals surface area contributed by atoms with Crippen molar-refractivity contribution >= 4 is 29.1 Å². The second-order valence-corrected chi connectivity index (χ2v) is 7.48. The Balaban J connectivity index is 1.83. The lowest BCUT2D eigenvalue weighted by Gasteiger charge is -2.27. The Morgan fingerprint density at radius 2 is 1.89 bits per heavy atom. The van der Waals surface area contributed by atoms with Gasteiger partial charge in [-0.25, -0.2) is 0 Å². The Bertz CT molecular complexity index is 1000. The minimum Gasteiger partial charge on any atom is -0.385 e.